The van der Waals surface area contributed by atoms with Crippen molar-refractivity contribution < 1.29 is 9.13 Å². The first-order valence-corrected chi connectivity index (χ1v) is 6.76. The highest BCUT2D eigenvalue weighted by Gasteiger charge is 2.09. The molecular weight excluding hydrogens is 304 g/mol. The van der Waals surface area contributed by atoms with Crippen LogP contribution in [0.15, 0.2) is 24.4 Å². The lowest BCUT2D eigenvalue weighted by atomic mass is 10.3. The summed E-state index contributed by atoms with van der Waals surface area (Å²) in [6.45, 7) is 2.01. The molecule has 0 unspecified atom stereocenters. The second-order valence-electron chi connectivity index (χ2n) is 4.14. The van der Waals surface area contributed by atoms with Crippen LogP contribution in [0.5, 0.6) is 0 Å². The molecule has 0 radical (unpaired) electrons. The van der Waals surface area contributed by atoms with Crippen LogP contribution in [0.1, 0.15) is 5.69 Å². The van der Waals surface area contributed by atoms with E-state index in [0.29, 0.717) is 18.8 Å². The Morgan fingerprint density at radius 1 is 1.35 bits per heavy atom. The molecule has 1 aromatic carbocycles. The molecular formula is C13H14Cl2FN3O. The highest BCUT2D eigenvalue weighted by Crippen LogP contribution is 2.26. The van der Waals surface area contributed by atoms with E-state index in [0.717, 1.165) is 12.2 Å². The van der Waals surface area contributed by atoms with E-state index in [1.807, 2.05) is 6.07 Å². The maximum atomic E-state index is 13.4. The van der Waals surface area contributed by atoms with Crippen molar-refractivity contribution in [1.29, 1.82) is 0 Å². The van der Waals surface area contributed by atoms with E-state index in [4.69, 9.17) is 27.9 Å². The normalized spacial score (nSPS) is 11.0. The largest absolute Gasteiger partial charge is 0.383 e. The summed E-state index contributed by atoms with van der Waals surface area (Å²) >= 11 is 11.5. The number of hydrogen-bond acceptors (Lipinski definition) is 3. The summed E-state index contributed by atoms with van der Waals surface area (Å²) in [7, 11) is 1.65. The summed E-state index contributed by atoms with van der Waals surface area (Å²) in [5.41, 5.74) is 1.47. The molecule has 1 aromatic heterocycles. The molecule has 20 heavy (non-hydrogen) atoms. The van der Waals surface area contributed by atoms with Gasteiger partial charge in [0.15, 0.2) is 5.82 Å². The number of nitrogens with zero attached hydrogens (tertiary/aromatic N) is 2. The molecule has 0 atom stereocenters. The van der Waals surface area contributed by atoms with Crippen molar-refractivity contribution >= 4 is 23.2 Å². The molecule has 2 rings (SSSR count). The maximum absolute atomic E-state index is 13.4. The zero-order chi connectivity index (χ0) is 14.5. The zero-order valence-corrected chi connectivity index (χ0v) is 12.4. The summed E-state index contributed by atoms with van der Waals surface area (Å²) in [6.07, 6.45) is 1.77. The second-order valence-corrected chi connectivity index (χ2v) is 4.96. The Kier molecular flexibility index (Phi) is 5.37. The smallest absolute Gasteiger partial charge is 0.160 e. The molecule has 0 aliphatic heterocycles. The maximum Gasteiger partial charge on any atom is 0.160 e. The van der Waals surface area contributed by atoms with Gasteiger partial charge in [-0.1, -0.05) is 23.2 Å². The van der Waals surface area contributed by atoms with Crippen molar-refractivity contribution in [3.05, 3.63) is 46.0 Å². The molecule has 2 aromatic rings. The van der Waals surface area contributed by atoms with E-state index in [1.54, 1.807) is 18.0 Å². The van der Waals surface area contributed by atoms with Crippen LogP contribution >= 0.6 is 23.2 Å². The van der Waals surface area contributed by atoms with Crippen molar-refractivity contribution in [2.24, 2.45) is 0 Å². The van der Waals surface area contributed by atoms with Crippen LogP contribution in [0.2, 0.25) is 10.0 Å². The molecule has 0 amide bonds. The summed E-state index contributed by atoms with van der Waals surface area (Å²) in [5, 5.41) is 7.50. The molecule has 0 bridgehead atoms. The van der Waals surface area contributed by atoms with Gasteiger partial charge in [0, 0.05) is 26.4 Å². The van der Waals surface area contributed by atoms with E-state index < -0.39 is 5.82 Å². The SMILES string of the molecule is COCCNCc1ccn(-c2cc(Cl)c(F)c(Cl)c2)n1. The van der Waals surface area contributed by atoms with Gasteiger partial charge in [0.1, 0.15) is 0 Å². The Hall–Kier alpha value is -1.14. The Balaban J connectivity index is 2.08. The van der Waals surface area contributed by atoms with Crippen LogP contribution in [-0.4, -0.2) is 30.0 Å². The van der Waals surface area contributed by atoms with E-state index in [1.165, 1.54) is 12.1 Å². The summed E-state index contributed by atoms with van der Waals surface area (Å²) in [6, 6.07) is 4.83. The van der Waals surface area contributed by atoms with Gasteiger partial charge >= 0.3 is 0 Å². The Morgan fingerprint density at radius 3 is 2.70 bits per heavy atom. The van der Waals surface area contributed by atoms with Crippen LogP contribution in [0.25, 0.3) is 5.69 Å². The van der Waals surface area contributed by atoms with Crippen LogP contribution in [0, 0.1) is 5.82 Å². The van der Waals surface area contributed by atoms with Gasteiger partial charge in [0.05, 0.1) is 28.0 Å². The number of hydrogen-bond donors (Lipinski definition) is 1. The number of benzene rings is 1. The van der Waals surface area contributed by atoms with Gasteiger partial charge < -0.3 is 10.1 Å². The lowest BCUT2D eigenvalue weighted by Crippen LogP contribution is -2.18. The van der Waals surface area contributed by atoms with Crippen molar-refractivity contribution in [2.45, 2.75) is 6.54 Å². The molecule has 0 aliphatic rings. The van der Waals surface area contributed by atoms with Crippen molar-refractivity contribution in [3.8, 4) is 5.69 Å². The van der Waals surface area contributed by atoms with Gasteiger partial charge in [-0.05, 0) is 18.2 Å². The molecule has 1 heterocycles. The van der Waals surface area contributed by atoms with Crippen molar-refractivity contribution in [2.75, 3.05) is 20.3 Å². The molecule has 7 heteroatoms. The number of nitrogens with one attached hydrogen (secondary N) is 1. The van der Waals surface area contributed by atoms with Crippen LogP contribution in [0.3, 0.4) is 0 Å². The molecule has 108 valence electrons. The Morgan fingerprint density at radius 2 is 2.05 bits per heavy atom. The molecule has 0 saturated carbocycles. The standard InChI is InChI=1S/C13H14Cl2FN3O/c1-20-5-3-17-8-9-2-4-19(18-9)10-6-11(14)13(16)12(15)7-10/h2,4,6-7,17H,3,5,8H2,1H3. The van der Waals surface area contributed by atoms with Crippen molar-refractivity contribution in [1.82, 2.24) is 15.1 Å². The molecule has 0 fully saturated rings. The molecule has 0 spiro atoms. The minimum absolute atomic E-state index is 0.0252. The third kappa shape index (κ3) is 3.70. The summed E-state index contributed by atoms with van der Waals surface area (Å²) in [4.78, 5) is 0. The molecule has 4 nitrogen and oxygen atoms in total. The second kappa shape index (κ2) is 7.04. The highest BCUT2D eigenvalue weighted by atomic mass is 35.5. The fourth-order valence-corrected chi connectivity index (χ4v) is 2.14. The number of aromatic nitrogens is 2. The van der Waals surface area contributed by atoms with Gasteiger partial charge in [-0.2, -0.15) is 5.10 Å². The zero-order valence-electron chi connectivity index (χ0n) is 10.9. The summed E-state index contributed by atoms with van der Waals surface area (Å²) in [5.74, 6) is -0.620. The van der Waals surface area contributed by atoms with E-state index in [-0.39, 0.29) is 10.0 Å². The Labute approximate surface area is 126 Å². The predicted molar refractivity (Wildman–Crippen MR) is 77.1 cm³/mol. The van der Waals surface area contributed by atoms with Crippen LogP contribution in [0.4, 0.5) is 4.39 Å². The average Bonchev–Trinajstić information content (AvgIpc) is 2.89. The average molecular weight is 318 g/mol. The quantitative estimate of drug-likeness (QED) is 0.657. The third-order valence-electron chi connectivity index (χ3n) is 2.67. The number of methoxy groups -OCH3 is 1. The van der Waals surface area contributed by atoms with E-state index in [9.17, 15) is 4.39 Å². The lowest BCUT2D eigenvalue weighted by Gasteiger charge is -2.05. The van der Waals surface area contributed by atoms with E-state index >= 15 is 0 Å². The van der Waals surface area contributed by atoms with Gasteiger partial charge in [-0.25, -0.2) is 9.07 Å². The van der Waals surface area contributed by atoms with E-state index in [2.05, 4.69) is 10.4 Å². The molecule has 0 aliphatic carbocycles. The monoisotopic (exact) mass is 317 g/mol. The number of ether oxygens (including phenoxy) is 1. The fraction of sp³-hybridized carbons (Fsp3) is 0.308. The highest BCUT2D eigenvalue weighted by molar-refractivity contribution is 6.35. The van der Waals surface area contributed by atoms with Gasteiger partial charge in [-0.3, -0.25) is 0 Å². The van der Waals surface area contributed by atoms with Gasteiger partial charge in [-0.15, -0.1) is 0 Å². The fourth-order valence-electron chi connectivity index (χ4n) is 1.66. The number of rotatable bonds is 6. The first kappa shape index (κ1) is 15.3. The lowest BCUT2D eigenvalue weighted by molar-refractivity contribution is 0.199. The van der Waals surface area contributed by atoms with Crippen LogP contribution in [-0.2, 0) is 11.3 Å². The third-order valence-corrected chi connectivity index (χ3v) is 3.22. The molecule has 0 saturated heterocycles. The first-order chi connectivity index (χ1) is 9.61. The first-order valence-electron chi connectivity index (χ1n) is 6.01. The van der Waals surface area contributed by atoms with Gasteiger partial charge in [0.25, 0.3) is 0 Å². The minimum atomic E-state index is -0.620. The van der Waals surface area contributed by atoms with Crippen molar-refractivity contribution in [3.63, 3.8) is 0 Å². The number of halogens is 3. The topological polar surface area (TPSA) is 39.1 Å². The summed E-state index contributed by atoms with van der Waals surface area (Å²) < 4.78 is 19.9. The Bertz CT molecular complexity index is 566. The minimum Gasteiger partial charge on any atom is -0.383 e. The molecule has 1 N–H and O–H groups in total. The van der Waals surface area contributed by atoms with Crippen LogP contribution < -0.4 is 5.32 Å². The predicted octanol–water partition coefficient (Wildman–Crippen LogP) is 3.05. The van der Waals surface area contributed by atoms with Gasteiger partial charge in [0.2, 0.25) is 0 Å².